The molecule has 0 aliphatic carbocycles. The number of hydrogen-bond donors (Lipinski definition) is 1. The van der Waals surface area contributed by atoms with E-state index in [-0.39, 0.29) is 5.91 Å². The maximum atomic E-state index is 12.8. The highest BCUT2D eigenvalue weighted by atomic mass is 16.5. The number of anilines is 2. The van der Waals surface area contributed by atoms with E-state index in [1.807, 2.05) is 71.6 Å². The summed E-state index contributed by atoms with van der Waals surface area (Å²) < 4.78 is 12.8. The van der Waals surface area contributed by atoms with Crippen molar-refractivity contribution in [2.75, 3.05) is 43.6 Å². The van der Waals surface area contributed by atoms with Gasteiger partial charge in [0.1, 0.15) is 5.75 Å². The van der Waals surface area contributed by atoms with Gasteiger partial charge in [0.05, 0.1) is 26.0 Å². The highest BCUT2D eigenvalue weighted by Gasteiger charge is 2.15. The second-order valence-corrected chi connectivity index (χ2v) is 6.58. The lowest BCUT2D eigenvalue weighted by atomic mass is 10.1. The van der Waals surface area contributed by atoms with Crippen molar-refractivity contribution >= 4 is 17.3 Å². The van der Waals surface area contributed by atoms with Crippen LogP contribution in [0, 0.1) is 0 Å². The topological polar surface area (TPSA) is 55.7 Å². The van der Waals surface area contributed by atoms with Gasteiger partial charge in [0.2, 0.25) is 0 Å². The molecule has 1 aromatic heterocycles. The summed E-state index contributed by atoms with van der Waals surface area (Å²) in [6, 6.07) is 17.3. The summed E-state index contributed by atoms with van der Waals surface area (Å²) in [5.74, 6) is 0.464. The van der Waals surface area contributed by atoms with Crippen LogP contribution in [0.5, 0.6) is 5.75 Å². The number of nitrogens with one attached hydrogen (secondary N) is 1. The van der Waals surface area contributed by atoms with Gasteiger partial charge in [-0.1, -0.05) is 0 Å². The molecule has 1 fully saturated rings. The predicted octanol–water partition coefficient (Wildman–Crippen LogP) is 3.57. The van der Waals surface area contributed by atoms with E-state index < -0.39 is 0 Å². The minimum atomic E-state index is -0.170. The molecule has 0 radical (unpaired) electrons. The highest BCUT2D eigenvalue weighted by molar-refractivity contribution is 6.05. The summed E-state index contributed by atoms with van der Waals surface area (Å²) in [6.07, 6.45) is 3.94. The number of benzene rings is 2. The first kappa shape index (κ1) is 18.1. The molecule has 3 aromatic rings. The van der Waals surface area contributed by atoms with E-state index in [2.05, 4.69) is 10.2 Å². The maximum Gasteiger partial charge on any atom is 0.255 e. The fraction of sp³-hybridized carbons (Fsp3) is 0.227. The number of morpholine rings is 1. The van der Waals surface area contributed by atoms with Gasteiger partial charge in [-0.2, -0.15) is 0 Å². The number of carbonyl (C=O) groups excluding carboxylic acids is 1. The van der Waals surface area contributed by atoms with Gasteiger partial charge < -0.3 is 24.3 Å². The van der Waals surface area contributed by atoms with Crippen molar-refractivity contribution in [3.63, 3.8) is 0 Å². The van der Waals surface area contributed by atoms with Crippen LogP contribution in [0.4, 0.5) is 11.4 Å². The van der Waals surface area contributed by atoms with Crippen molar-refractivity contribution in [2.24, 2.45) is 0 Å². The molecule has 28 heavy (non-hydrogen) atoms. The monoisotopic (exact) mass is 377 g/mol. The molecule has 0 atom stereocenters. The van der Waals surface area contributed by atoms with Crippen LogP contribution >= 0.6 is 0 Å². The third kappa shape index (κ3) is 3.87. The van der Waals surface area contributed by atoms with Gasteiger partial charge in [0.25, 0.3) is 5.91 Å². The molecule has 1 amide bonds. The molecule has 6 nitrogen and oxygen atoms in total. The summed E-state index contributed by atoms with van der Waals surface area (Å²) in [5.41, 5.74) is 3.30. The Bertz CT molecular complexity index is 930. The second kappa shape index (κ2) is 8.19. The molecule has 2 heterocycles. The Hall–Kier alpha value is -3.25. The molecule has 1 aliphatic rings. The first-order chi connectivity index (χ1) is 13.7. The SMILES string of the molecule is COc1ccc(N2CCOCC2)cc1NC(=O)c1ccc(-n2cccc2)cc1. The van der Waals surface area contributed by atoms with Crippen LogP contribution in [0.25, 0.3) is 5.69 Å². The van der Waals surface area contributed by atoms with Crippen molar-refractivity contribution in [3.05, 3.63) is 72.6 Å². The maximum absolute atomic E-state index is 12.8. The summed E-state index contributed by atoms with van der Waals surface area (Å²) in [6.45, 7) is 3.09. The average molecular weight is 377 g/mol. The normalized spacial score (nSPS) is 14.0. The van der Waals surface area contributed by atoms with Crippen molar-refractivity contribution in [1.29, 1.82) is 0 Å². The number of hydrogen-bond acceptors (Lipinski definition) is 4. The third-order valence-electron chi connectivity index (χ3n) is 4.84. The van der Waals surface area contributed by atoms with E-state index >= 15 is 0 Å². The quantitative estimate of drug-likeness (QED) is 0.739. The molecule has 6 heteroatoms. The average Bonchev–Trinajstić information content (AvgIpc) is 3.29. The molecule has 4 rings (SSSR count). The van der Waals surface area contributed by atoms with E-state index in [4.69, 9.17) is 9.47 Å². The van der Waals surface area contributed by atoms with E-state index in [0.29, 0.717) is 30.2 Å². The Morgan fingerprint density at radius 2 is 1.68 bits per heavy atom. The molecule has 1 saturated heterocycles. The van der Waals surface area contributed by atoms with Crippen LogP contribution < -0.4 is 15.0 Å². The number of ether oxygens (including phenoxy) is 2. The zero-order valence-electron chi connectivity index (χ0n) is 15.8. The number of nitrogens with zero attached hydrogens (tertiary/aromatic N) is 2. The molecule has 0 bridgehead atoms. The summed E-state index contributed by atoms with van der Waals surface area (Å²) in [7, 11) is 1.60. The van der Waals surface area contributed by atoms with Crippen molar-refractivity contribution in [3.8, 4) is 11.4 Å². The van der Waals surface area contributed by atoms with Crippen molar-refractivity contribution in [2.45, 2.75) is 0 Å². The van der Waals surface area contributed by atoms with Gasteiger partial charge in [-0.25, -0.2) is 0 Å². The van der Waals surface area contributed by atoms with Crippen LogP contribution in [0.15, 0.2) is 67.0 Å². The first-order valence-corrected chi connectivity index (χ1v) is 9.30. The van der Waals surface area contributed by atoms with Gasteiger partial charge in [-0.3, -0.25) is 4.79 Å². The van der Waals surface area contributed by atoms with Crippen LogP contribution in [0.2, 0.25) is 0 Å². The minimum Gasteiger partial charge on any atom is -0.495 e. The van der Waals surface area contributed by atoms with Crippen LogP contribution in [0.3, 0.4) is 0 Å². The van der Waals surface area contributed by atoms with Gasteiger partial charge in [-0.05, 0) is 54.6 Å². The van der Waals surface area contributed by atoms with Gasteiger partial charge in [-0.15, -0.1) is 0 Å². The lowest BCUT2D eigenvalue weighted by molar-refractivity contribution is 0.102. The van der Waals surface area contributed by atoms with Gasteiger partial charge in [0, 0.05) is 42.4 Å². The molecular weight excluding hydrogens is 354 g/mol. The standard InChI is InChI=1S/C22H23N3O3/c1-27-21-9-8-19(25-12-14-28-15-13-25)16-20(21)23-22(26)17-4-6-18(7-5-17)24-10-2-3-11-24/h2-11,16H,12-15H2,1H3,(H,23,26). The first-order valence-electron chi connectivity index (χ1n) is 9.30. The highest BCUT2D eigenvalue weighted by Crippen LogP contribution is 2.30. The van der Waals surface area contributed by atoms with E-state index in [0.717, 1.165) is 24.5 Å². The Morgan fingerprint density at radius 1 is 1.00 bits per heavy atom. The molecule has 2 aromatic carbocycles. The molecule has 0 saturated carbocycles. The smallest absolute Gasteiger partial charge is 0.255 e. The van der Waals surface area contributed by atoms with E-state index in [1.165, 1.54) is 0 Å². The summed E-state index contributed by atoms with van der Waals surface area (Å²) in [4.78, 5) is 15.0. The number of amides is 1. The third-order valence-corrected chi connectivity index (χ3v) is 4.84. The van der Waals surface area contributed by atoms with Crippen LogP contribution in [0.1, 0.15) is 10.4 Å². The van der Waals surface area contributed by atoms with Gasteiger partial charge in [0.15, 0.2) is 0 Å². The molecule has 1 aliphatic heterocycles. The Labute approximate surface area is 164 Å². The molecule has 0 spiro atoms. The molecule has 1 N–H and O–H groups in total. The van der Waals surface area contributed by atoms with E-state index in [9.17, 15) is 4.79 Å². The number of carbonyl (C=O) groups is 1. The molecule has 144 valence electrons. The van der Waals surface area contributed by atoms with E-state index in [1.54, 1.807) is 7.11 Å². The second-order valence-electron chi connectivity index (χ2n) is 6.58. The Morgan fingerprint density at radius 3 is 2.36 bits per heavy atom. The summed E-state index contributed by atoms with van der Waals surface area (Å²) in [5, 5.41) is 2.98. The largest absolute Gasteiger partial charge is 0.495 e. The Kier molecular flexibility index (Phi) is 5.30. The number of aromatic nitrogens is 1. The lowest BCUT2D eigenvalue weighted by Gasteiger charge is -2.29. The van der Waals surface area contributed by atoms with Crippen molar-refractivity contribution < 1.29 is 14.3 Å². The fourth-order valence-corrected chi connectivity index (χ4v) is 3.30. The van der Waals surface area contributed by atoms with Crippen LogP contribution in [-0.2, 0) is 4.74 Å². The fourth-order valence-electron chi connectivity index (χ4n) is 3.30. The summed E-state index contributed by atoms with van der Waals surface area (Å²) >= 11 is 0. The van der Waals surface area contributed by atoms with Gasteiger partial charge >= 0.3 is 0 Å². The zero-order chi connectivity index (χ0) is 19.3. The van der Waals surface area contributed by atoms with Crippen LogP contribution in [-0.4, -0.2) is 43.9 Å². The number of methoxy groups -OCH3 is 1. The minimum absolute atomic E-state index is 0.170. The number of rotatable bonds is 5. The molecule has 0 unspecified atom stereocenters. The Balaban J connectivity index is 1.53. The zero-order valence-corrected chi connectivity index (χ0v) is 15.8. The lowest BCUT2D eigenvalue weighted by Crippen LogP contribution is -2.36. The van der Waals surface area contributed by atoms with Crippen molar-refractivity contribution in [1.82, 2.24) is 4.57 Å². The molecular formula is C22H23N3O3. The predicted molar refractivity (Wildman–Crippen MR) is 110 cm³/mol.